The van der Waals surface area contributed by atoms with Crippen molar-refractivity contribution in [2.24, 2.45) is 23.7 Å². The summed E-state index contributed by atoms with van der Waals surface area (Å²) >= 11 is 0. The van der Waals surface area contributed by atoms with Crippen LogP contribution in [0.2, 0.25) is 0 Å². The molecule has 0 bridgehead atoms. The predicted molar refractivity (Wildman–Crippen MR) is 118 cm³/mol. The summed E-state index contributed by atoms with van der Waals surface area (Å²) in [5, 5.41) is 3.87. The number of carbonyl (C=O) groups excluding carboxylic acids is 1. The van der Waals surface area contributed by atoms with Crippen molar-refractivity contribution in [2.75, 3.05) is 0 Å². The molecule has 0 aliphatic heterocycles. The molecule has 3 unspecified atom stereocenters. The van der Waals surface area contributed by atoms with Crippen LogP contribution in [0.1, 0.15) is 58.8 Å². The highest BCUT2D eigenvalue weighted by molar-refractivity contribution is 5.79. The number of rotatable bonds is 4. The molecule has 6 heteroatoms. The third-order valence-corrected chi connectivity index (χ3v) is 7.58. The zero-order valence-electron chi connectivity index (χ0n) is 18.0. The molecule has 4 rings (SSSR count). The van der Waals surface area contributed by atoms with Crippen LogP contribution in [0.25, 0.3) is 10.9 Å². The molecular formula is C24H33N3O3. The number of amides is 1. The molecule has 1 amide bonds. The number of hydrogen-bond donors (Lipinski definition) is 2. The maximum absolute atomic E-state index is 12.8. The van der Waals surface area contributed by atoms with Gasteiger partial charge in [-0.15, -0.1) is 0 Å². The van der Waals surface area contributed by atoms with Crippen molar-refractivity contribution in [2.45, 2.75) is 71.4 Å². The zero-order valence-corrected chi connectivity index (χ0v) is 18.0. The first-order chi connectivity index (χ1) is 14.4. The van der Waals surface area contributed by atoms with Gasteiger partial charge < -0.3 is 10.3 Å². The quantitative estimate of drug-likeness (QED) is 0.808. The lowest BCUT2D eigenvalue weighted by molar-refractivity contribution is -0.127. The van der Waals surface area contributed by atoms with E-state index in [9.17, 15) is 14.4 Å². The summed E-state index contributed by atoms with van der Waals surface area (Å²) in [6.45, 7) is 4.96. The summed E-state index contributed by atoms with van der Waals surface area (Å²) in [4.78, 5) is 40.8. The lowest BCUT2D eigenvalue weighted by Gasteiger charge is -2.36. The summed E-state index contributed by atoms with van der Waals surface area (Å²) in [5.74, 6) is 1.70. The molecule has 0 saturated heterocycles. The highest BCUT2D eigenvalue weighted by Crippen LogP contribution is 2.32. The van der Waals surface area contributed by atoms with Crippen molar-refractivity contribution < 1.29 is 4.79 Å². The standard InChI is InChI=1S/C24H33N3O3/c1-15-6-5-9-20(16(15)2)25-22(28)18-12-10-17(11-13-18)14-27-23(29)19-7-3-4-8-21(19)26-24(27)30/h3-4,7-8,15-18,20H,5-6,9-14H2,1-2H3,(H,25,28)(H,26,30). The average molecular weight is 412 g/mol. The lowest BCUT2D eigenvalue weighted by Crippen LogP contribution is -2.46. The first kappa shape index (κ1) is 20.9. The summed E-state index contributed by atoms with van der Waals surface area (Å²) in [6, 6.07) is 7.42. The summed E-state index contributed by atoms with van der Waals surface area (Å²) < 4.78 is 1.33. The second-order valence-electron chi connectivity index (χ2n) is 9.49. The number of fused-ring (bicyclic) bond motifs is 1. The van der Waals surface area contributed by atoms with Gasteiger partial charge in [0.15, 0.2) is 0 Å². The first-order valence-corrected chi connectivity index (χ1v) is 11.5. The summed E-state index contributed by atoms with van der Waals surface area (Å²) in [7, 11) is 0. The molecule has 0 spiro atoms. The van der Waals surface area contributed by atoms with Gasteiger partial charge in [0.1, 0.15) is 0 Å². The van der Waals surface area contributed by atoms with Gasteiger partial charge in [0.2, 0.25) is 5.91 Å². The highest BCUT2D eigenvalue weighted by Gasteiger charge is 2.32. The van der Waals surface area contributed by atoms with Crippen LogP contribution in [0.5, 0.6) is 0 Å². The number of H-pyrrole nitrogens is 1. The second-order valence-corrected chi connectivity index (χ2v) is 9.49. The Kier molecular flexibility index (Phi) is 6.11. The van der Waals surface area contributed by atoms with E-state index in [1.165, 1.54) is 17.4 Å². The Bertz CT molecular complexity index is 1020. The van der Waals surface area contributed by atoms with Crippen LogP contribution < -0.4 is 16.6 Å². The van der Waals surface area contributed by atoms with Gasteiger partial charge in [-0.2, -0.15) is 0 Å². The number of aromatic nitrogens is 2. The number of benzene rings is 1. The molecule has 0 radical (unpaired) electrons. The van der Waals surface area contributed by atoms with E-state index in [1.54, 1.807) is 12.1 Å². The van der Waals surface area contributed by atoms with E-state index in [-0.39, 0.29) is 29.0 Å². The van der Waals surface area contributed by atoms with Gasteiger partial charge in [-0.1, -0.05) is 38.8 Å². The Hall–Kier alpha value is -2.37. The fraction of sp³-hybridized carbons (Fsp3) is 0.625. The molecule has 2 saturated carbocycles. The number of hydrogen-bond acceptors (Lipinski definition) is 3. The van der Waals surface area contributed by atoms with Gasteiger partial charge in [-0.05, 0) is 62.0 Å². The van der Waals surface area contributed by atoms with Gasteiger partial charge in [-0.3, -0.25) is 14.2 Å². The Balaban J connectivity index is 1.36. The molecule has 1 aromatic heterocycles. The van der Waals surface area contributed by atoms with Crippen LogP contribution >= 0.6 is 0 Å². The van der Waals surface area contributed by atoms with E-state index in [0.29, 0.717) is 35.3 Å². The molecular weight excluding hydrogens is 378 g/mol. The van der Waals surface area contributed by atoms with Crippen molar-refractivity contribution in [1.29, 1.82) is 0 Å². The fourth-order valence-corrected chi connectivity index (χ4v) is 5.32. The number of para-hydroxylation sites is 1. The van der Waals surface area contributed by atoms with Crippen LogP contribution in [-0.4, -0.2) is 21.5 Å². The van der Waals surface area contributed by atoms with E-state index < -0.39 is 0 Å². The second kappa shape index (κ2) is 8.78. The Morgan fingerprint density at radius 1 is 1.07 bits per heavy atom. The van der Waals surface area contributed by atoms with Crippen molar-refractivity contribution in [3.8, 4) is 0 Å². The van der Waals surface area contributed by atoms with Crippen LogP contribution in [0.15, 0.2) is 33.9 Å². The van der Waals surface area contributed by atoms with Crippen molar-refractivity contribution in [3.63, 3.8) is 0 Å². The van der Waals surface area contributed by atoms with E-state index in [0.717, 1.165) is 32.1 Å². The highest BCUT2D eigenvalue weighted by atomic mass is 16.2. The third kappa shape index (κ3) is 4.23. The molecule has 6 nitrogen and oxygen atoms in total. The summed E-state index contributed by atoms with van der Waals surface area (Å²) in [6.07, 6.45) is 6.92. The molecule has 2 aliphatic carbocycles. The predicted octanol–water partition coefficient (Wildman–Crippen LogP) is 3.44. The zero-order chi connectivity index (χ0) is 21.3. The van der Waals surface area contributed by atoms with Gasteiger partial charge in [0.05, 0.1) is 10.9 Å². The minimum atomic E-state index is -0.348. The van der Waals surface area contributed by atoms with Gasteiger partial charge in [0.25, 0.3) is 5.56 Å². The maximum atomic E-state index is 12.8. The Morgan fingerprint density at radius 3 is 2.57 bits per heavy atom. The lowest BCUT2D eigenvalue weighted by atomic mass is 9.77. The molecule has 162 valence electrons. The van der Waals surface area contributed by atoms with E-state index >= 15 is 0 Å². The summed E-state index contributed by atoms with van der Waals surface area (Å²) in [5.41, 5.74) is 0.00369. The average Bonchev–Trinajstić information content (AvgIpc) is 2.75. The molecule has 2 fully saturated rings. The van der Waals surface area contributed by atoms with E-state index in [1.807, 2.05) is 12.1 Å². The van der Waals surface area contributed by atoms with Crippen LogP contribution in [0, 0.1) is 23.7 Å². The SMILES string of the molecule is CC1CCCC(NC(=O)C2CCC(Cn3c(=O)[nH]c4ccccc4c3=O)CC2)C1C. The van der Waals surface area contributed by atoms with Crippen molar-refractivity contribution in [3.05, 3.63) is 45.1 Å². The van der Waals surface area contributed by atoms with Crippen LogP contribution in [0.4, 0.5) is 0 Å². The van der Waals surface area contributed by atoms with Gasteiger partial charge >= 0.3 is 5.69 Å². The number of carbonyl (C=O) groups is 1. The molecule has 2 aliphatic rings. The molecule has 2 aromatic rings. The van der Waals surface area contributed by atoms with E-state index in [4.69, 9.17) is 0 Å². The van der Waals surface area contributed by atoms with Gasteiger partial charge in [0, 0.05) is 18.5 Å². The van der Waals surface area contributed by atoms with Crippen molar-refractivity contribution in [1.82, 2.24) is 14.9 Å². The van der Waals surface area contributed by atoms with E-state index in [2.05, 4.69) is 24.1 Å². The number of nitrogens with zero attached hydrogens (tertiary/aromatic N) is 1. The van der Waals surface area contributed by atoms with Crippen molar-refractivity contribution >= 4 is 16.8 Å². The first-order valence-electron chi connectivity index (χ1n) is 11.5. The molecule has 2 N–H and O–H groups in total. The minimum absolute atomic E-state index is 0.0530. The monoisotopic (exact) mass is 411 g/mol. The topological polar surface area (TPSA) is 84.0 Å². The van der Waals surface area contributed by atoms with Gasteiger partial charge in [-0.25, -0.2) is 4.79 Å². The van der Waals surface area contributed by atoms with Crippen LogP contribution in [-0.2, 0) is 11.3 Å². The maximum Gasteiger partial charge on any atom is 0.328 e. The number of nitrogens with one attached hydrogen (secondary N) is 2. The molecule has 3 atom stereocenters. The fourth-order valence-electron chi connectivity index (χ4n) is 5.32. The number of aromatic amines is 1. The minimum Gasteiger partial charge on any atom is -0.353 e. The normalized spacial score (nSPS) is 29.6. The molecule has 1 heterocycles. The van der Waals surface area contributed by atoms with Crippen LogP contribution in [0.3, 0.4) is 0 Å². The Labute approximate surface area is 177 Å². The molecule has 1 aromatic carbocycles. The molecule has 30 heavy (non-hydrogen) atoms. The largest absolute Gasteiger partial charge is 0.353 e. The third-order valence-electron chi connectivity index (χ3n) is 7.58. The Morgan fingerprint density at radius 2 is 1.80 bits per heavy atom. The smallest absolute Gasteiger partial charge is 0.328 e.